The van der Waals surface area contributed by atoms with E-state index >= 15 is 0 Å². The van der Waals surface area contributed by atoms with Gasteiger partial charge < -0.3 is 9.80 Å². The zero-order valence-electron chi connectivity index (χ0n) is 38.7. The van der Waals surface area contributed by atoms with Crippen LogP contribution in [0.15, 0.2) is 97.1 Å². The molecule has 6 aromatic carbocycles. The van der Waals surface area contributed by atoms with Crippen LogP contribution in [-0.4, -0.2) is 6.71 Å². The first kappa shape index (κ1) is 39.1. The lowest BCUT2D eigenvalue weighted by atomic mass is 9.33. The first-order valence-electron chi connectivity index (χ1n) is 22.8. The fourth-order valence-electron chi connectivity index (χ4n) is 12.5. The largest absolute Gasteiger partial charge is 0.311 e. The fourth-order valence-corrected chi connectivity index (χ4v) is 13.6. The summed E-state index contributed by atoms with van der Waals surface area (Å²) in [5.74, 6) is 0. The van der Waals surface area contributed by atoms with Gasteiger partial charge in [0.25, 0.3) is 6.71 Å². The summed E-state index contributed by atoms with van der Waals surface area (Å²) in [6, 6.07) is 38.9. The fraction of sp³-hybridized carbons (Fsp3) is 0.368. The lowest BCUT2D eigenvalue weighted by Gasteiger charge is -2.47. The van der Waals surface area contributed by atoms with E-state index in [9.17, 15) is 0 Å². The molecule has 0 saturated carbocycles. The molecule has 2 aliphatic carbocycles. The molecule has 0 spiro atoms. The minimum Gasteiger partial charge on any atom is -0.311 e. The predicted molar refractivity (Wildman–Crippen MR) is 267 cm³/mol. The maximum atomic E-state index is 2.73. The van der Waals surface area contributed by atoms with Crippen molar-refractivity contribution < 1.29 is 0 Å². The van der Waals surface area contributed by atoms with Crippen molar-refractivity contribution in [2.24, 2.45) is 0 Å². The number of aryl methyl sites for hydroxylation is 2. The topological polar surface area (TPSA) is 6.48 Å². The molecule has 0 N–H and O–H groups in total. The average molecular weight is 817 g/mol. The van der Waals surface area contributed by atoms with Gasteiger partial charge in [-0.2, -0.15) is 0 Å². The van der Waals surface area contributed by atoms with Crippen molar-refractivity contribution in [3.63, 3.8) is 0 Å². The van der Waals surface area contributed by atoms with Crippen LogP contribution in [0.25, 0.3) is 20.2 Å². The third-order valence-electron chi connectivity index (χ3n) is 15.6. The van der Waals surface area contributed by atoms with Crippen LogP contribution in [0.2, 0.25) is 0 Å². The lowest BCUT2D eigenvalue weighted by Crippen LogP contribution is -2.62. The quantitative estimate of drug-likeness (QED) is 0.160. The Labute approximate surface area is 369 Å². The van der Waals surface area contributed by atoms with E-state index in [0.717, 1.165) is 6.42 Å². The first-order valence-corrected chi connectivity index (χ1v) is 23.6. The van der Waals surface area contributed by atoms with E-state index in [0.29, 0.717) is 0 Å². The van der Waals surface area contributed by atoms with Gasteiger partial charge in [-0.3, -0.25) is 0 Å². The van der Waals surface area contributed by atoms with Gasteiger partial charge in [0.2, 0.25) is 0 Å². The van der Waals surface area contributed by atoms with Crippen LogP contribution in [0.4, 0.5) is 34.1 Å². The molecule has 0 unspecified atom stereocenters. The summed E-state index contributed by atoms with van der Waals surface area (Å²) in [5.41, 5.74) is 22.5. The molecule has 0 saturated heterocycles. The van der Waals surface area contributed by atoms with Gasteiger partial charge >= 0.3 is 0 Å². The molecule has 4 aliphatic rings. The van der Waals surface area contributed by atoms with E-state index in [1.807, 2.05) is 11.3 Å². The summed E-state index contributed by atoms with van der Waals surface area (Å²) in [7, 11) is 0. The number of fused-ring (bicyclic) bond motifs is 9. The van der Waals surface area contributed by atoms with Crippen molar-refractivity contribution >= 4 is 88.7 Å². The average Bonchev–Trinajstić information content (AvgIpc) is 3.65. The molecular weight excluding hydrogens is 756 g/mol. The summed E-state index contributed by atoms with van der Waals surface area (Å²) in [5, 5.41) is 2.67. The van der Waals surface area contributed by atoms with E-state index < -0.39 is 0 Å². The second-order valence-electron chi connectivity index (χ2n) is 22.9. The number of hydrogen-bond donors (Lipinski definition) is 0. The van der Waals surface area contributed by atoms with Crippen molar-refractivity contribution in [1.29, 1.82) is 0 Å². The molecule has 1 aromatic heterocycles. The van der Waals surface area contributed by atoms with E-state index in [1.165, 1.54) is 122 Å². The van der Waals surface area contributed by atoms with Crippen LogP contribution in [-0.2, 0) is 27.1 Å². The molecular formula is C57H61BN2S. The predicted octanol–water partition coefficient (Wildman–Crippen LogP) is 14.4. The van der Waals surface area contributed by atoms with Crippen molar-refractivity contribution in [1.82, 2.24) is 0 Å². The van der Waals surface area contributed by atoms with Crippen LogP contribution in [0, 0.1) is 13.8 Å². The highest BCUT2D eigenvalue weighted by molar-refractivity contribution is 7.26. The third kappa shape index (κ3) is 5.52. The first-order chi connectivity index (χ1) is 28.7. The lowest BCUT2D eigenvalue weighted by molar-refractivity contribution is 0.332. The minimum atomic E-state index is -0.00583. The number of hydrogen-bond acceptors (Lipinski definition) is 3. The molecule has 0 bridgehead atoms. The second kappa shape index (κ2) is 12.4. The molecule has 0 radical (unpaired) electrons. The SMILES string of the molecule is Cc1cc2c3c(c1)N(c1cccc4sc5ccccc5c14)c1ccc(C(C)(C)C)cc1B3c1cc3c(cc1N2c1cc2c(cc1C)C(C)(C)CCC2(C)C)C(C)(C)CC3(C)C. The van der Waals surface area contributed by atoms with Crippen LogP contribution < -0.4 is 26.2 Å². The number of thiophene rings is 1. The van der Waals surface area contributed by atoms with Crippen LogP contribution >= 0.6 is 11.3 Å². The molecule has 0 amide bonds. The Morgan fingerprint density at radius 1 is 0.525 bits per heavy atom. The molecule has 308 valence electrons. The Morgan fingerprint density at radius 3 is 1.79 bits per heavy atom. The maximum Gasteiger partial charge on any atom is 0.252 e. The van der Waals surface area contributed by atoms with Crippen molar-refractivity contribution in [2.45, 2.75) is 136 Å². The highest BCUT2D eigenvalue weighted by atomic mass is 32.1. The highest BCUT2D eigenvalue weighted by Gasteiger charge is 2.49. The van der Waals surface area contributed by atoms with Gasteiger partial charge in [0.15, 0.2) is 0 Å². The van der Waals surface area contributed by atoms with Gasteiger partial charge in [-0.25, -0.2) is 0 Å². The smallest absolute Gasteiger partial charge is 0.252 e. The van der Waals surface area contributed by atoms with Gasteiger partial charge in [-0.05, 0) is 164 Å². The Hall–Kier alpha value is -4.80. The van der Waals surface area contributed by atoms with Gasteiger partial charge in [0.1, 0.15) is 0 Å². The van der Waals surface area contributed by atoms with E-state index in [4.69, 9.17) is 0 Å². The monoisotopic (exact) mass is 816 g/mol. The minimum absolute atomic E-state index is 0.00583. The van der Waals surface area contributed by atoms with Crippen molar-refractivity contribution in [3.05, 3.63) is 136 Å². The number of nitrogens with zero attached hydrogens (tertiary/aromatic N) is 2. The third-order valence-corrected chi connectivity index (χ3v) is 16.7. The molecule has 3 heterocycles. The molecule has 2 nitrogen and oxygen atoms in total. The summed E-state index contributed by atoms with van der Waals surface area (Å²) in [6.07, 6.45) is 3.54. The number of benzene rings is 6. The summed E-state index contributed by atoms with van der Waals surface area (Å²) < 4.78 is 2.67. The zero-order valence-corrected chi connectivity index (χ0v) is 39.6. The zero-order chi connectivity index (χ0) is 42.9. The standard InChI is InChI=1S/C57H61BN2S/c1-33-25-47-52-48(26-33)60(45-30-39-37(27-34(45)2)54(6,7)23-24-55(39,8)9)46-31-40-38(56(10,11)32-57(40,12)13)29-42(46)58(52)41-28-35(53(3,4)5)21-22-43(41)59(47)44-18-16-20-50-51(44)36-17-14-15-19-49(36)61-50/h14-22,25-31H,23-24,32H2,1-13H3. The molecule has 2 aliphatic heterocycles. The number of rotatable bonds is 2. The maximum absolute atomic E-state index is 2.73. The van der Waals surface area contributed by atoms with Crippen LogP contribution in [0.1, 0.15) is 134 Å². The molecule has 61 heavy (non-hydrogen) atoms. The van der Waals surface area contributed by atoms with E-state index in [-0.39, 0.29) is 33.8 Å². The normalized spacial score (nSPS) is 18.8. The van der Waals surface area contributed by atoms with Crippen molar-refractivity contribution in [2.75, 3.05) is 9.80 Å². The molecule has 0 fully saturated rings. The number of anilines is 6. The Morgan fingerprint density at radius 2 is 1.10 bits per heavy atom. The second-order valence-corrected chi connectivity index (χ2v) is 24.0. The highest BCUT2D eigenvalue weighted by Crippen LogP contribution is 2.55. The summed E-state index contributed by atoms with van der Waals surface area (Å²) >= 11 is 1.91. The Balaban J connectivity index is 1.29. The van der Waals surface area contributed by atoms with Gasteiger partial charge in [-0.15, -0.1) is 11.3 Å². The summed E-state index contributed by atoms with van der Waals surface area (Å²) in [6.45, 7) is 31.6. The molecule has 4 heteroatoms. The van der Waals surface area contributed by atoms with Gasteiger partial charge in [0.05, 0.1) is 5.69 Å². The molecule has 0 atom stereocenters. The Kier molecular flexibility index (Phi) is 7.97. The van der Waals surface area contributed by atoms with Crippen LogP contribution in [0.3, 0.4) is 0 Å². The van der Waals surface area contributed by atoms with Gasteiger partial charge in [0, 0.05) is 48.6 Å². The van der Waals surface area contributed by atoms with Crippen molar-refractivity contribution in [3.8, 4) is 0 Å². The summed E-state index contributed by atoms with van der Waals surface area (Å²) in [4.78, 5) is 5.38. The van der Waals surface area contributed by atoms with Gasteiger partial charge in [-0.1, -0.05) is 125 Å². The van der Waals surface area contributed by atoms with E-state index in [1.54, 1.807) is 0 Å². The van der Waals surface area contributed by atoms with E-state index in [2.05, 4.69) is 197 Å². The molecule has 11 rings (SSSR count). The van der Waals surface area contributed by atoms with Crippen LogP contribution in [0.5, 0.6) is 0 Å². The Bertz CT molecular complexity index is 3040. The molecule has 7 aromatic rings.